The van der Waals surface area contributed by atoms with Crippen molar-refractivity contribution in [3.8, 4) is 11.3 Å². The summed E-state index contributed by atoms with van der Waals surface area (Å²) in [5.41, 5.74) is 4.04. The van der Waals surface area contributed by atoms with E-state index in [1.54, 1.807) is 6.07 Å². The van der Waals surface area contributed by atoms with E-state index in [2.05, 4.69) is 20.3 Å². The van der Waals surface area contributed by atoms with Crippen molar-refractivity contribution in [3.05, 3.63) is 75.2 Å². The molecule has 29 heavy (non-hydrogen) atoms. The van der Waals surface area contributed by atoms with Gasteiger partial charge >= 0.3 is 0 Å². The van der Waals surface area contributed by atoms with Gasteiger partial charge in [0.1, 0.15) is 0 Å². The normalized spacial score (nSPS) is 13.3. The van der Waals surface area contributed by atoms with E-state index < -0.39 is 0 Å². The Labute approximate surface area is 172 Å². The lowest BCUT2D eigenvalue weighted by molar-refractivity contribution is 0.657. The van der Waals surface area contributed by atoms with Crippen LogP contribution in [0.25, 0.3) is 22.2 Å². The van der Waals surface area contributed by atoms with Gasteiger partial charge in [-0.1, -0.05) is 41.9 Å². The summed E-state index contributed by atoms with van der Waals surface area (Å²) in [5, 5.41) is 4.58. The van der Waals surface area contributed by atoms with Gasteiger partial charge in [0.25, 0.3) is 5.56 Å². The topological polar surface area (TPSA) is 83.6 Å². The van der Waals surface area contributed by atoms with Crippen molar-refractivity contribution < 1.29 is 0 Å². The van der Waals surface area contributed by atoms with Crippen LogP contribution in [0.5, 0.6) is 0 Å². The lowest BCUT2D eigenvalue weighted by atomic mass is 9.97. The largest absolute Gasteiger partial charge is 0.294 e. The van der Waals surface area contributed by atoms with Gasteiger partial charge in [-0.2, -0.15) is 0 Å². The average Bonchev–Trinajstić information content (AvgIpc) is 2.74. The number of nitrogens with one attached hydrogen (secondary N) is 2. The molecule has 6 nitrogen and oxygen atoms in total. The minimum absolute atomic E-state index is 0.0898. The summed E-state index contributed by atoms with van der Waals surface area (Å²) in [4.78, 5) is 29.1. The van der Waals surface area contributed by atoms with Gasteiger partial charge in [0.05, 0.1) is 16.9 Å². The molecule has 0 amide bonds. The van der Waals surface area contributed by atoms with Crippen LogP contribution in [0.3, 0.4) is 0 Å². The minimum atomic E-state index is -0.0898. The predicted molar refractivity (Wildman–Crippen MR) is 115 cm³/mol. The lowest BCUT2D eigenvalue weighted by Crippen LogP contribution is -2.22. The van der Waals surface area contributed by atoms with Crippen LogP contribution < -0.4 is 10.9 Å². The molecule has 0 saturated carbocycles. The zero-order valence-corrected chi connectivity index (χ0v) is 16.3. The van der Waals surface area contributed by atoms with Crippen LogP contribution in [0.1, 0.15) is 24.1 Å². The second-order valence-electron chi connectivity index (χ2n) is 7.10. The number of hydrogen-bond donors (Lipinski definition) is 2. The van der Waals surface area contributed by atoms with Gasteiger partial charge in [0.2, 0.25) is 11.9 Å². The third-order valence-electron chi connectivity index (χ3n) is 5.13. The minimum Gasteiger partial charge on any atom is -0.294 e. The van der Waals surface area contributed by atoms with Crippen molar-refractivity contribution in [1.29, 1.82) is 0 Å². The molecule has 1 aliphatic carbocycles. The monoisotopic (exact) mass is 403 g/mol. The summed E-state index contributed by atoms with van der Waals surface area (Å²) in [5.74, 6) is 0.737. The van der Waals surface area contributed by atoms with Gasteiger partial charge in [-0.15, -0.1) is 0 Å². The number of H-pyrrole nitrogens is 1. The molecular weight excluding hydrogens is 386 g/mol. The third kappa shape index (κ3) is 3.47. The number of benzene rings is 2. The zero-order chi connectivity index (χ0) is 19.8. The quantitative estimate of drug-likeness (QED) is 0.520. The van der Waals surface area contributed by atoms with Crippen molar-refractivity contribution in [2.45, 2.75) is 25.7 Å². The Morgan fingerprint density at radius 1 is 0.966 bits per heavy atom. The highest BCUT2D eigenvalue weighted by molar-refractivity contribution is 6.31. The SMILES string of the molecule is O=c1[nH]c(Nc2nc(-c3ccccc3)c3cc(Cl)ccc3n2)nc2c1CCCC2. The molecule has 0 atom stereocenters. The molecule has 7 heteroatoms. The highest BCUT2D eigenvalue weighted by Crippen LogP contribution is 2.30. The predicted octanol–water partition coefficient (Wildman–Crippen LogP) is 4.66. The fourth-order valence-corrected chi connectivity index (χ4v) is 3.91. The second kappa shape index (κ2) is 7.29. The molecule has 0 radical (unpaired) electrons. The molecule has 2 aromatic heterocycles. The first-order valence-corrected chi connectivity index (χ1v) is 9.97. The maximum atomic E-state index is 12.4. The molecule has 0 aliphatic heterocycles. The number of rotatable bonds is 3. The Morgan fingerprint density at radius 2 is 1.79 bits per heavy atom. The number of aromatic nitrogens is 4. The third-order valence-corrected chi connectivity index (χ3v) is 5.36. The van der Waals surface area contributed by atoms with Crippen LogP contribution in [-0.2, 0) is 12.8 Å². The number of fused-ring (bicyclic) bond motifs is 2. The molecule has 2 N–H and O–H groups in total. The van der Waals surface area contributed by atoms with Crippen LogP contribution in [0.4, 0.5) is 11.9 Å². The van der Waals surface area contributed by atoms with Gasteiger partial charge in [0, 0.05) is 21.5 Å². The summed E-state index contributed by atoms with van der Waals surface area (Å²) < 4.78 is 0. The van der Waals surface area contributed by atoms with Gasteiger partial charge < -0.3 is 0 Å². The molecule has 1 aliphatic rings. The summed E-state index contributed by atoms with van der Waals surface area (Å²) in [6, 6.07) is 15.4. The number of anilines is 2. The molecular formula is C22H18ClN5O. The molecule has 0 saturated heterocycles. The van der Waals surface area contributed by atoms with Crippen LogP contribution in [0.15, 0.2) is 53.3 Å². The van der Waals surface area contributed by atoms with Crippen LogP contribution in [0.2, 0.25) is 5.02 Å². The van der Waals surface area contributed by atoms with Crippen LogP contribution >= 0.6 is 11.6 Å². The van der Waals surface area contributed by atoms with Crippen molar-refractivity contribution in [1.82, 2.24) is 19.9 Å². The van der Waals surface area contributed by atoms with Crippen molar-refractivity contribution in [3.63, 3.8) is 0 Å². The number of nitrogens with zero attached hydrogens (tertiary/aromatic N) is 3. The van der Waals surface area contributed by atoms with Gasteiger partial charge in [-0.25, -0.2) is 15.0 Å². The highest BCUT2D eigenvalue weighted by atomic mass is 35.5. The van der Waals surface area contributed by atoms with E-state index in [4.69, 9.17) is 16.6 Å². The molecule has 0 bridgehead atoms. The maximum absolute atomic E-state index is 12.4. The molecule has 0 fully saturated rings. The Kier molecular flexibility index (Phi) is 4.48. The number of hydrogen-bond acceptors (Lipinski definition) is 5. The first-order valence-electron chi connectivity index (χ1n) is 9.59. The van der Waals surface area contributed by atoms with E-state index in [1.165, 1.54) is 0 Å². The first kappa shape index (κ1) is 17.8. The molecule has 0 spiro atoms. The average molecular weight is 404 g/mol. The number of halogens is 1. The Balaban J connectivity index is 1.62. The summed E-state index contributed by atoms with van der Waals surface area (Å²) >= 11 is 6.21. The zero-order valence-electron chi connectivity index (χ0n) is 15.6. The summed E-state index contributed by atoms with van der Waals surface area (Å²) in [6.45, 7) is 0. The standard InChI is InChI=1S/C22H18ClN5O/c23-14-10-11-18-16(12-14)19(13-6-2-1-3-7-13)26-21(25-18)28-22-24-17-9-5-4-8-15(17)20(29)27-22/h1-3,6-7,10-12H,4-5,8-9H2,(H2,24,25,26,27,28,29). The van der Waals surface area contributed by atoms with Crippen molar-refractivity contribution >= 4 is 34.4 Å². The molecule has 4 aromatic rings. The Morgan fingerprint density at radius 3 is 2.66 bits per heavy atom. The van der Waals surface area contributed by atoms with Crippen LogP contribution in [-0.4, -0.2) is 19.9 Å². The lowest BCUT2D eigenvalue weighted by Gasteiger charge is -2.15. The highest BCUT2D eigenvalue weighted by Gasteiger charge is 2.17. The number of aromatic amines is 1. The van der Waals surface area contributed by atoms with E-state index in [0.29, 0.717) is 16.9 Å². The summed E-state index contributed by atoms with van der Waals surface area (Å²) in [6.07, 6.45) is 3.68. The Bertz CT molecular complexity index is 1270. The van der Waals surface area contributed by atoms with E-state index in [-0.39, 0.29) is 5.56 Å². The smallest absolute Gasteiger partial charge is 0.255 e. The van der Waals surface area contributed by atoms with Gasteiger partial charge in [0.15, 0.2) is 0 Å². The number of aryl methyl sites for hydroxylation is 1. The van der Waals surface area contributed by atoms with E-state index in [0.717, 1.165) is 59.1 Å². The van der Waals surface area contributed by atoms with E-state index >= 15 is 0 Å². The summed E-state index contributed by atoms with van der Waals surface area (Å²) in [7, 11) is 0. The van der Waals surface area contributed by atoms with Gasteiger partial charge in [-0.3, -0.25) is 15.1 Å². The molecule has 2 aromatic carbocycles. The fourth-order valence-electron chi connectivity index (χ4n) is 3.74. The van der Waals surface area contributed by atoms with E-state index in [1.807, 2.05) is 42.5 Å². The van der Waals surface area contributed by atoms with E-state index in [9.17, 15) is 4.79 Å². The van der Waals surface area contributed by atoms with Gasteiger partial charge in [-0.05, 0) is 43.9 Å². The maximum Gasteiger partial charge on any atom is 0.255 e. The van der Waals surface area contributed by atoms with Crippen LogP contribution in [0, 0.1) is 0 Å². The van der Waals surface area contributed by atoms with Crippen molar-refractivity contribution in [2.24, 2.45) is 0 Å². The second-order valence-corrected chi connectivity index (χ2v) is 7.53. The molecule has 0 unspecified atom stereocenters. The first-order chi connectivity index (χ1) is 14.2. The molecule has 2 heterocycles. The fraction of sp³-hybridized carbons (Fsp3) is 0.182. The molecule has 144 valence electrons. The Hall–Kier alpha value is -3.25. The molecule has 5 rings (SSSR count). The van der Waals surface area contributed by atoms with Crippen molar-refractivity contribution in [2.75, 3.05) is 5.32 Å².